The number of likely N-dealkylation sites (N-methyl/N-ethyl adjacent to an activating group) is 1. The Balaban J connectivity index is 1.71. The molecular formula is C27H41N3O4S. The normalized spacial score (nSPS) is 34.2. The average Bonchev–Trinajstić information content (AvgIpc) is 3.10. The van der Waals surface area contributed by atoms with E-state index in [4.69, 9.17) is 5.11 Å². The summed E-state index contributed by atoms with van der Waals surface area (Å²) in [5.41, 5.74) is 0. The largest absolute Gasteiger partial charge is 0.396 e. The summed E-state index contributed by atoms with van der Waals surface area (Å²) in [5, 5.41) is 9.10. The van der Waals surface area contributed by atoms with Gasteiger partial charge in [-0.05, 0) is 26.2 Å². The maximum atomic E-state index is 14.1. The molecule has 0 saturated carbocycles. The number of thioether (sulfide) groups is 1. The van der Waals surface area contributed by atoms with Gasteiger partial charge >= 0.3 is 0 Å². The van der Waals surface area contributed by atoms with Crippen molar-refractivity contribution in [1.29, 1.82) is 0 Å². The zero-order valence-corrected chi connectivity index (χ0v) is 22.3. The van der Waals surface area contributed by atoms with E-state index in [1.165, 1.54) is 0 Å². The monoisotopic (exact) mass is 503 g/mol. The number of carbonyl (C=O) groups excluding carboxylic acids is 3. The first-order valence-corrected chi connectivity index (χ1v) is 14.1. The van der Waals surface area contributed by atoms with E-state index in [0.717, 1.165) is 44.9 Å². The van der Waals surface area contributed by atoms with Crippen LogP contribution < -0.4 is 0 Å². The van der Waals surface area contributed by atoms with Crippen molar-refractivity contribution in [3.63, 3.8) is 0 Å². The maximum absolute atomic E-state index is 14.1. The van der Waals surface area contributed by atoms with Gasteiger partial charge in [-0.3, -0.25) is 14.4 Å². The van der Waals surface area contributed by atoms with Crippen molar-refractivity contribution in [2.75, 3.05) is 39.8 Å². The molecule has 0 aromatic carbocycles. The SMILES string of the molecule is CCCCCN1CC=C[C@]23S[C@]4(C)C=CCN(C)C(=O)[C@@H]4[C@H]2C(=O)N(CCCCCCO)C3C1=O. The quantitative estimate of drug-likeness (QED) is 0.366. The highest BCUT2D eigenvalue weighted by atomic mass is 32.2. The molecule has 4 heterocycles. The van der Waals surface area contributed by atoms with Crippen molar-refractivity contribution in [2.45, 2.75) is 74.3 Å². The second kappa shape index (κ2) is 10.7. The number of carbonyl (C=O) groups is 3. The molecule has 7 nitrogen and oxygen atoms in total. The van der Waals surface area contributed by atoms with Crippen LogP contribution in [0.5, 0.6) is 0 Å². The number of hydrogen-bond donors (Lipinski definition) is 1. The molecule has 5 atom stereocenters. The third kappa shape index (κ3) is 4.57. The Hall–Kier alpha value is -1.80. The molecule has 0 aromatic rings. The van der Waals surface area contributed by atoms with Gasteiger partial charge < -0.3 is 19.8 Å². The van der Waals surface area contributed by atoms with Gasteiger partial charge in [-0.15, -0.1) is 11.8 Å². The molecule has 194 valence electrons. The molecule has 0 aliphatic carbocycles. The van der Waals surface area contributed by atoms with Crippen LogP contribution >= 0.6 is 11.8 Å². The molecule has 0 aromatic heterocycles. The molecule has 8 heteroatoms. The van der Waals surface area contributed by atoms with Crippen LogP contribution in [0.15, 0.2) is 24.3 Å². The lowest BCUT2D eigenvalue weighted by atomic mass is 9.74. The van der Waals surface area contributed by atoms with Gasteiger partial charge in [0.2, 0.25) is 17.7 Å². The first-order chi connectivity index (χ1) is 16.8. The van der Waals surface area contributed by atoms with Crippen molar-refractivity contribution in [2.24, 2.45) is 11.8 Å². The van der Waals surface area contributed by atoms with Crippen LogP contribution in [0.4, 0.5) is 0 Å². The van der Waals surface area contributed by atoms with E-state index >= 15 is 0 Å². The lowest BCUT2D eigenvalue weighted by Gasteiger charge is -2.37. The predicted octanol–water partition coefficient (Wildman–Crippen LogP) is 2.84. The Labute approximate surface area is 214 Å². The van der Waals surface area contributed by atoms with Gasteiger partial charge in [0.15, 0.2) is 0 Å². The van der Waals surface area contributed by atoms with Crippen LogP contribution in [-0.4, -0.2) is 92.9 Å². The van der Waals surface area contributed by atoms with Crippen LogP contribution in [0.3, 0.4) is 0 Å². The van der Waals surface area contributed by atoms with E-state index in [-0.39, 0.29) is 24.3 Å². The molecule has 0 radical (unpaired) electrons. The number of rotatable bonds is 10. The van der Waals surface area contributed by atoms with Crippen molar-refractivity contribution in [1.82, 2.24) is 14.7 Å². The number of aliphatic hydroxyl groups is 1. The van der Waals surface area contributed by atoms with Crippen LogP contribution in [0.25, 0.3) is 0 Å². The molecule has 1 unspecified atom stereocenters. The lowest BCUT2D eigenvalue weighted by Crippen LogP contribution is -2.53. The molecule has 3 amide bonds. The fourth-order valence-electron chi connectivity index (χ4n) is 6.43. The van der Waals surface area contributed by atoms with Gasteiger partial charge in [0.1, 0.15) is 6.04 Å². The fourth-order valence-corrected chi connectivity index (χ4v) is 8.59. The van der Waals surface area contributed by atoms with Gasteiger partial charge in [0.25, 0.3) is 0 Å². The Morgan fingerprint density at radius 3 is 2.37 bits per heavy atom. The van der Waals surface area contributed by atoms with E-state index in [2.05, 4.69) is 32.1 Å². The van der Waals surface area contributed by atoms with Gasteiger partial charge in [-0.25, -0.2) is 0 Å². The second-order valence-electron chi connectivity index (χ2n) is 10.7. The Morgan fingerprint density at radius 2 is 1.63 bits per heavy atom. The highest BCUT2D eigenvalue weighted by Gasteiger charge is 2.73. The minimum atomic E-state index is -0.740. The van der Waals surface area contributed by atoms with Crippen LogP contribution in [0.2, 0.25) is 0 Å². The second-order valence-corrected chi connectivity index (χ2v) is 12.5. The summed E-state index contributed by atoms with van der Waals surface area (Å²) in [6.45, 7) is 6.69. The van der Waals surface area contributed by atoms with E-state index in [1.807, 2.05) is 15.9 Å². The highest BCUT2D eigenvalue weighted by Crippen LogP contribution is 2.65. The molecule has 4 rings (SSSR count). The van der Waals surface area contributed by atoms with Crippen molar-refractivity contribution >= 4 is 29.5 Å². The van der Waals surface area contributed by atoms with Crippen LogP contribution in [0.1, 0.15) is 58.8 Å². The molecule has 2 fully saturated rings. The summed E-state index contributed by atoms with van der Waals surface area (Å²) in [4.78, 5) is 47.3. The average molecular weight is 504 g/mol. The zero-order chi connectivity index (χ0) is 25.2. The first kappa shape index (κ1) is 26.3. The fraction of sp³-hybridized carbons (Fsp3) is 0.741. The molecule has 0 bridgehead atoms. The molecule has 4 aliphatic rings. The summed E-state index contributed by atoms with van der Waals surface area (Å²) in [5.74, 6) is -1.07. The number of hydrogen-bond acceptors (Lipinski definition) is 5. The standard InChI is InChI=1S/C27H41N3O4S/c1-4-5-8-16-29-17-12-14-27-21(20-23(32)28(3)15-11-13-26(20,2)35-27)24(33)30(22(27)25(29)34)18-9-6-7-10-19-31/h11-14,20-22,31H,4-10,15-19H2,1-3H3/t20-,21-,22?,26+,27-/m0/s1. The molecule has 4 aliphatic heterocycles. The van der Waals surface area contributed by atoms with Gasteiger partial charge in [0, 0.05) is 44.6 Å². The van der Waals surface area contributed by atoms with Gasteiger partial charge in [0.05, 0.1) is 16.6 Å². The summed E-state index contributed by atoms with van der Waals surface area (Å²) in [6.07, 6.45) is 14.7. The number of aliphatic hydroxyl groups excluding tert-OH is 1. The molecule has 35 heavy (non-hydrogen) atoms. The maximum Gasteiger partial charge on any atom is 0.247 e. The van der Waals surface area contributed by atoms with E-state index < -0.39 is 27.4 Å². The van der Waals surface area contributed by atoms with Gasteiger partial charge in [-0.1, -0.05) is 56.9 Å². The number of nitrogens with zero attached hydrogens (tertiary/aromatic N) is 3. The van der Waals surface area contributed by atoms with Crippen LogP contribution in [0, 0.1) is 11.8 Å². The Morgan fingerprint density at radius 1 is 0.914 bits per heavy atom. The number of likely N-dealkylation sites (tertiary alicyclic amines) is 1. The molecule has 2 saturated heterocycles. The van der Waals surface area contributed by atoms with Crippen molar-refractivity contribution in [3.8, 4) is 0 Å². The number of amides is 3. The number of unbranched alkanes of at least 4 members (excludes halogenated alkanes) is 5. The van der Waals surface area contributed by atoms with Gasteiger partial charge in [-0.2, -0.15) is 0 Å². The van der Waals surface area contributed by atoms with Crippen molar-refractivity contribution < 1.29 is 19.5 Å². The van der Waals surface area contributed by atoms with Crippen molar-refractivity contribution in [3.05, 3.63) is 24.3 Å². The van der Waals surface area contributed by atoms with E-state index in [1.54, 1.807) is 23.7 Å². The van der Waals surface area contributed by atoms with E-state index in [9.17, 15) is 14.4 Å². The Bertz CT molecular complexity index is 892. The third-order valence-electron chi connectivity index (χ3n) is 8.18. The number of fused-ring (bicyclic) bond motifs is 2. The minimum absolute atomic E-state index is 0.00586. The van der Waals surface area contributed by atoms with Crippen LogP contribution in [-0.2, 0) is 14.4 Å². The topological polar surface area (TPSA) is 81.2 Å². The molecule has 1 spiro atoms. The zero-order valence-electron chi connectivity index (χ0n) is 21.4. The Kier molecular flexibility index (Phi) is 8.01. The molecular weight excluding hydrogens is 462 g/mol. The summed E-state index contributed by atoms with van der Waals surface area (Å²) in [7, 11) is 1.80. The minimum Gasteiger partial charge on any atom is -0.396 e. The molecule has 1 N–H and O–H groups in total. The summed E-state index contributed by atoms with van der Waals surface area (Å²) in [6, 6.07) is -0.585. The van der Waals surface area contributed by atoms with E-state index in [0.29, 0.717) is 26.2 Å². The first-order valence-electron chi connectivity index (χ1n) is 13.3. The predicted molar refractivity (Wildman–Crippen MR) is 139 cm³/mol. The smallest absolute Gasteiger partial charge is 0.247 e. The summed E-state index contributed by atoms with van der Waals surface area (Å²) < 4.78 is -1.27. The third-order valence-corrected chi connectivity index (χ3v) is 9.98. The summed E-state index contributed by atoms with van der Waals surface area (Å²) >= 11 is 1.66. The highest BCUT2D eigenvalue weighted by molar-refractivity contribution is 8.02. The lowest BCUT2D eigenvalue weighted by molar-refractivity contribution is -0.144.